The first kappa shape index (κ1) is 22.1. The molecule has 0 amide bonds. The maximum Gasteiger partial charge on any atom is 0.233 e. The molecule has 9 heteroatoms. The molecule has 2 aromatic rings. The monoisotopic (exact) mass is 455 g/mol. The van der Waals surface area contributed by atoms with Crippen LogP contribution in [0.1, 0.15) is 51.9 Å². The van der Waals surface area contributed by atoms with Crippen molar-refractivity contribution in [2.45, 2.75) is 70.0 Å². The molecule has 5 rings (SSSR count). The van der Waals surface area contributed by atoms with Gasteiger partial charge in [0, 0.05) is 29.9 Å². The Morgan fingerprint density at radius 3 is 2.64 bits per heavy atom. The second-order valence-corrected chi connectivity index (χ2v) is 9.57. The molecule has 2 aliphatic carbocycles. The molecule has 1 aromatic carbocycles. The zero-order valence-electron chi connectivity index (χ0n) is 19.4. The van der Waals surface area contributed by atoms with Gasteiger partial charge in [-0.25, -0.2) is 4.39 Å². The highest BCUT2D eigenvalue weighted by atomic mass is 19.1. The van der Waals surface area contributed by atoms with E-state index < -0.39 is 5.82 Å². The van der Waals surface area contributed by atoms with Crippen molar-refractivity contribution in [3.8, 4) is 5.75 Å². The van der Waals surface area contributed by atoms with Gasteiger partial charge in [0.2, 0.25) is 17.8 Å². The first-order valence-corrected chi connectivity index (χ1v) is 12.2. The van der Waals surface area contributed by atoms with Crippen molar-refractivity contribution in [3.63, 3.8) is 0 Å². The summed E-state index contributed by atoms with van der Waals surface area (Å²) in [4.78, 5) is 14.0. The van der Waals surface area contributed by atoms with E-state index in [1.165, 1.54) is 45.3 Å². The number of anilines is 4. The highest BCUT2D eigenvalue weighted by molar-refractivity contribution is 5.57. The molecule has 0 spiro atoms. The number of nitrogens with one attached hydrogen (secondary N) is 4. The Hall–Kier alpha value is -2.68. The summed E-state index contributed by atoms with van der Waals surface area (Å²) in [7, 11) is 1.45. The lowest BCUT2D eigenvalue weighted by atomic mass is 9.95. The van der Waals surface area contributed by atoms with E-state index >= 15 is 0 Å². The van der Waals surface area contributed by atoms with Crippen LogP contribution in [0.5, 0.6) is 5.75 Å². The Balaban J connectivity index is 1.38. The quantitative estimate of drug-likeness (QED) is 0.444. The van der Waals surface area contributed by atoms with Crippen LogP contribution in [0.4, 0.5) is 27.9 Å². The predicted octanol–water partition coefficient (Wildman–Crippen LogP) is 4.31. The van der Waals surface area contributed by atoms with Crippen LogP contribution in [0.2, 0.25) is 0 Å². The van der Waals surface area contributed by atoms with Crippen molar-refractivity contribution in [1.29, 1.82) is 0 Å². The highest BCUT2D eigenvalue weighted by Crippen LogP contribution is 2.45. The Morgan fingerprint density at radius 1 is 1.12 bits per heavy atom. The van der Waals surface area contributed by atoms with Crippen molar-refractivity contribution in [3.05, 3.63) is 24.0 Å². The van der Waals surface area contributed by atoms with Crippen molar-refractivity contribution < 1.29 is 9.13 Å². The molecule has 2 bridgehead atoms. The number of hydrogen-bond donors (Lipinski definition) is 4. The van der Waals surface area contributed by atoms with Crippen LogP contribution in [-0.4, -0.2) is 46.7 Å². The summed E-state index contributed by atoms with van der Waals surface area (Å²) in [5.41, 5.74) is 0.556. The van der Waals surface area contributed by atoms with Crippen LogP contribution < -0.4 is 26.0 Å². The number of methoxy groups -OCH3 is 1. The van der Waals surface area contributed by atoms with Gasteiger partial charge < -0.3 is 26.0 Å². The summed E-state index contributed by atoms with van der Waals surface area (Å²) in [5, 5.41) is 13.8. The Kier molecular flexibility index (Phi) is 6.48. The molecule has 2 heterocycles. The van der Waals surface area contributed by atoms with Crippen LogP contribution in [0.15, 0.2) is 18.2 Å². The number of nitrogens with zero attached hydrogens (tertiary/aromatic N) is 3. The Bertz CT molecular complexity index is 968. The largest absolute Gasteiger partial charge is 0.494 e. The molecular formula is C24H34FN7O. The summed E-state index contributed by atoms with van der Waals surface area (Å²) < 4.78 is 19.2. The van der Waals surface area contributed by atoms with Gasteiger partial charge >= 0.3 is 0 Å². The van der Waals surface area contributed by atoms with Crippen molar-refractivity contribution in [1.82, 2.24) is 20.3 Å². The molecule has 1 aromatic heterocycles. The van der Waals surface area contributed by atoms with Gasteiger partial charge in [-0.05, 0) is 69.0 Å². The molecule has 8 nitrogen and oxygen atoms in total. The van der Waals surface area contributed by atoms with E-state index in [-0.39, 0.29) is 11.8 Å². The molecule has 5 unspecified atom stereocenters. The Labute approximate surface area is 194 Å². The summed E-state index contributed by atoms with van der Waals surface area (Å²) in [6.07, 6.45) is 8.39. The summed E-state index contributed by atoms with van der Waals surface area (Å²) in [6.45, 7) is 3.22. The second-order valence-electron chi connectivity index (χ2n) is 9.57. The topological polar surface area (TPSA) is 96.0 Å². The molecule has 1 saturated heterocycles. The van der Waals surface area contributed by atoms with Crippen LogP contribution in [0.25, 0.3) is 0 Å². The number of ether oxygens (including phenoxy) is 1. The molecular weight excluding hydrogens is 421 g/mol. The number of hydrogen-bond acceptors (Lipinski definition) is 8. The standard InChI is InChI=1S/C24H34FN7O/c1-3-18(19-5-4-10-26-19)28-23-30-22(27-16-8-9-21(33-2)17(25)13-16)31-24(32-23)29-20-12-14-6-7-15(20)11-14/h8-9,13-15,18-20,26H,3-7,10-12H2,1-2H3,(H3,27,28,29,30,31,32). The third-order valence-corrected chi connectivity index (χ3v) is 7.43. The van der Waals surface area contributed by atoms with E-state index in [0.29, 0.717) is 41.5 Å². The summed E-state index contributed by atoms with van der Waals surface area (Å²) >= 11 is 0. The number of fused-ring (bicyclic) bond motifs is 2. The number of rotatable bonds is 9. The van der Waals surface area contributed by atoms with E-state index in [4.69, 9.17) is 9.72 Å². The fourth-order valence-corrected chi connectivity index (χ4v) is 5.73. The minimum atomic E-state index is -0.436. The van der Waals surface area contributed by atoms with Crippen LogP contribution in [-0.2, 0) is 0 Å². The van der Waals surface area contributed by atoms with Gasteiger partial charge in [0.25, 0.3) is 0 Å². The molecule has 5 atom stereocenters. The highest BCUT2D eigenvalue weighted by Gasteiger charge is 2.39. The third kappa shape index (κ3) is 4.98. The smallest absolute Gasteiger partial charge is 0.233 e. The minimum absolute atomic E-state index is 0.201. The molecule has 3 fully saturated rings. The number of halogens is 1. The normalized spacial score (nSPS) is 26.9. The number of benzene rings is 1. The molecule has 33 heavy (non-hydrogen) atoms. The fourth-order valence-electron chi connectivity index (χ4n) is 5.73. The first-order chi connectivity index (χ1) is 16.1. The maximum absolute atomic E-state index is 14.2. The molecule has 4 N–H and O–H groups in total. The average molecular weight is 456 g/mol. The number of aromatic nitrogens is 3. The zero-order valence-corrected chi connectivity index (χ0v) is 19.4. The van der Waals surface area contributed by atoms with Crippen molar-refractivity contribution in [2.24, 2.45) is 11.8 Å². The van der Waals surface area contributed by atoms with Crippen molar-refractivity contribution >= 4 is 23.5 Å². The van der Waals surface area contributed by atoms with Gasteiger partial charge in [0.1, 0.15) is 0 Å². The Morgan fingerprint density at radius 2 is 1.97 bits per heavy atom. The molecule has 178 valence electrons. The maximum atomic E-state index is 14.2. The van der Waals surface area contributed by atoms with Crippen molar-refractivity contribution in [2.75, 3.05) is 29.6 Å². The van der Waals surface area contributed by atoms with Gasteiger partial charge in [0.05, 0.1) is 7.11 Å². The average Bonchev–Trinajstić information content (AvgIpc) is 3.56. The van der Waals surface area contributed by atoms with E-state index in [9.17, 15) is 4.39 Å². The SMILES string of the molecule is CCC(Nc1nc(Nc2ccc(OC)c(F)c2)nc(NC2CC3CCC2C3)n1)C1CCCN1. The van der Waals surface area contributed by atoms with Crippen LogP contribution >= 0.6 is 0 Å². The van der Waals surface area contributed by atoms with E-state index in [1.54, 1.807) is 12.1 Å². The first-order valence-electron chi connectivity index (χ1n) is 12.2. The van der Waals surface area contributed by atoms with Crippen LogP contribution in [0.3, 0.4) is 0 Å². The third-order valence-electron chi connectivity index (χ3n) is 7.43. The van der Waals surface area contributed by atoms with Gasteiger partial charge in [-0.2, -0.15) is 15.0 Å². The van der Waals surface area contributed by atoms with Gasteiger partial charge in [0.15, 0.2) is 11.6 Å². The lowest BCUT2D eigenvalue weighted by molar-refractivity contribution is 0.386. The minimum Gasteiger partial charge on any atom is -0.494 e. The van der Waals surface area contributed by atoms with E-state index in [1.807, 2.05) is 0 Å². The van der Waals surface area contributed by atoms with Gasteiger partial charge in [-0.1, -0.05) is 13.3 Å². The lowest BCUT2D eigenvalue weighted by Crippen LogP contribution is -2.40. The molecule has 2 saturated carbocycles. The molecule has 3 aliphatic rings. The predicted molar refractivity (Wildman–Crippen MR) is 128 cm³/mol. The molecule has 0 radical (unpaired) electrons. The summed E-state index contributed by atoms with van der Waals surface area (Å²) in [5.74, 6) is 2.77. The van der Waals surface area contributed by atoms with Gasteiger partial charge in [-0.3, -0.25) is 0 Å². The van der Waals surface area contributed by atoms with E-state index in [0.717, 1.165) is 25.3 Å². The van der Waals surface area contributed by atoms with E-state index in [2.05, 4.69) is 38.2 Å². The van der Waals surface area contributed by atoms with Gasteiger partial charge in [-0.15, -0.1) is 0 Å². The second kappa shape index (κ2) is 9.67. The van der Waals surface area contributed by atoms with Crippen LogP contribution in [0, 0.1) is 17.7 Å². The molecule has 1 aliphatic heterocycles. The summed E-state index contributed by atoms with van der Waals surface area (Å²) in [6, 6.07) is 5.77. The zero-order chi connectivity index (χ0) is 22.8. The lowest BCUT2D eigenvalue weighted by Gasteiger charge is -2.25. The fraction of sp³-hybridized carbons (Fsp3) is 0.625.